The lowest BCUT2D eigenvalue weighted by molar-refractivity contribution is 0.0524. The van der Waals surface area contributed by atoms with Crippen LogP contribution in [0.25, 0.3) is 0 Å². The van der Waals surface area contributed by atoms with Crippen molar-refractivity contribution in [3.8, 4) is 5.75 Å². The molecule has 0 saturated carbocycles. The second-order valence-electron chi connectivity index (χ2n) is 5.37. The van der Waals surface area contributed by atoms with E-state index < -0.39 is 17.2 Å². The van der Waals surface area contributed by atoms with Gasteiger partial charge < -0.3 is 9.84 Å². The molecule has 1 atom stereocenters. The van der Waals surface area contributed by atoms with Crippen molar-refractivity contribution in [3.05, 3.63) is 64.7 Å². The van der Waals surface area contributed by atoms with Crippen molar-refractivity contribution in [1.29, 1.82) is 0 Å². The first-order chi connectivity index (χ1) is 9.85. The van der Waals surface area contributed by atoms with Crippen molar-refractivity contribution in [3.63, 3.8) is 0 Å². The molecule has 0 spiro atoms. The van der Waals surface area contributed by atoms with Crippen LogP contribution in [0.3, 0.4) is 0 Å². The zero-order valence-electron chi connectivity index (χ0n) is 12.3. The summed E-state index contributed by atoms with van der Waals surface area (Å²) >= 11 is 0. The number of ether oxygens (including phenoxy) is 1. The zero-order chi connectivity index (χ0) is 15.6. The highest BCUT2D eigenvalue weighted by molar-refractivity contribution is 5.39. The third-order valence-electron chi connectivity index (χ3n) is 3.50. The van der Waals surface area contributed by atoms with Gasteiger partial charge in [0, 0.05) is 12.0 Å². The van der Waals surface area contributed by atoms with Crippen LogP contribution in [-0.2, 0) is 12.0 Å². The molecule has 2 aromatic carbocycles. The first kappa shape index (κ1) is 15.4. The Morgan fingerprint density at radius 2 is 1.90 bits per heavy atom. The number of hydrogen-bond acceptors (Lipinski definition) is 2. The van der Waals surface area contributed by atoms with Crippen molar-refractivity contribution in [2.45, 2.75) is 25.9 Å². The van der Waals surface area contributed by atoms with Crippen LogP contribution >= 0.6 is 0 Å². The minimum atomic E-state index is -1.53. The Morgan fingerprint density at radius 3 is 2.57 bits per heavy atom. The molecular weight excluding hydrogens is 274 g/mol. The quantitative estimate of drug-likeness (QED) is 0.930. The maximum Gasteiger partial charge on any atom is 0.164 e. The van der Waals surface area contributed by atoms with Crippen LogP contribution in [0.2, 0.25) is 0 Å². The van der Waals surface area contributed by atoms with Crippen molar-refractivity contribution in [1.82, 2.24) is 0 Å². The lowest BCUT2D eigenvalue weighted by Gasteiger charge is -2.25. The second-order valence-corrected chi connectivity index (χ2v) is 5.37. The van der Waals surface area contributed by atoms with Crippen LogP contribution in [0.15, 0.2) is 36.4 Å². The summed E-state index contributed by atoms with van der Waals surface area (Å²) in [5.74, 6) is -1.38. The lowest BCUT2D eigenvalue weighted by atomic mass is 9.88. The standard InChI is InChI=1S/C17H18F2O2/c1-11-7-8-15(21-3)12(9-11)10-17(2,20)13-5-4-6-14(18)16(13)19/h4-9,20H,10H2,1-3H3. The van der Waals surface area contributed by atoms with Gasteiger partial charge in [-0.2, -0.15) is 0 Å². The topological polar surface area (TPSA) is 29.5 Å². The van der Waals surface area contributed by atoms with Crippen molar-refractivity contribution >= 4 is 0 Å². The van der Waals surface area contributed by atoms with Crippen LogP contribution in [-0.4, -0.2) is 12.2 Å². The summed E-state index contributed by atoms with van der Waals surface area (Å²) in [6.07, 6.45) is 0.123. The molecule has 1 N–H and O–H groups in total. The number of halogens is 2. The molecular formula is C17H18F2O2. The molecule has 2 nitrogen and oxygen atoms in total. The average molecular weight is 292 g/mol. The molecule has 0 aromatic heterocycles. The van der Waals surface area contributed by atoms with E-state index in [2.05, 4.69) is 0 Å². The molecule has 0 heterocycles. The predicted molar refractivity (Wildman–Crippen MR) is 77.4 cm³/mol. The molecule has 2 rings (SSSR count). The van der Waals surface area contributed by atoms with Gasteiger partial charge in [0.1, 0.15) is 5.75 Å². The fourth-order valence-corrected chi connectivity index (χ4v) is 2.43. The minimum absolute atomic E-state index is 0.0638. The van der Waals surface area contributed by atoms with Gasteiger partial charge in [-0.3, -0.25) is 0 Å². The van der Waals surface area contributed by atoms with Crippen LogP contribution < -0.4 is 4.74 Å². The Bertz CT molecular complexity index is 651. The summed E-state index contributed by atoms with van der Waals surface area (Å²) in [4.78, 5) is 0. The summed E-state index contributed by atoms with van der Waals surface area (Å²) in [5, 5.41) is 10.6. The molecule has 1 unspecified atom stereocenters. The maximum absolute atomic E-state index is 13.9. The number of aryl methyl sites for hydroxylation is 1. The molecule has 4 heteroatoms. The van der Waals surface area contributed by atoms with Crippen molar-refractivity contribution in [2.24, 2.45) is 0 Å². The molecule has 0 fully saturated rings. The summed E-state index contributed by atoms with van der Waals surface area (Å²) in [6, 6.07) is 9.35. The van der Waals surface area contributed by atoms with Gasteiger partial charge >= 0.3 is 0 Å². The summed E-state index contributed by atoms with van der Waals surface area (Å²) in [5.41, 5.74) is 0.145. The monoisotopic (exact) mass is 292 g/mol. The highest BCUT2D eigenvalue weighted by atomic mass is 19.2. The number of hydrogen-bond donors (Lipinski definition) is 1. The predicted octanol–water partition coefficient (Wildman–Crippen LogP) is 3.73. The number of benzene rings is 2. The molecule has 21 heavy (non-hydrogen) atoms. The fourth-order valence-electron chi connectivity index (χ4n) is 2.43. The zero-order valence-corrected chi connectivity index (χ0v) is 12.3. The Balaban J connectivity index is 2.41. The van der Waals surface area contributed by atoms with E-state index in [0.717, 1.165) is 17.2 Å². The van der Waals surface area contributed by atoms with Gasteiger partial charge in [-0.25, -0.2) is 8.78 Å². The molecule has 0 aliphatic carbocycles. The number of rotatable bonds is 4. The molecule has 0 aliphatic heterocycles. The van der Waals surface area contributed by atoms with Crippen molar-refractivity contribution < 1.29 is 18.6 Å². The van der Waals surface area contributed by atoms with Crippen molar-refractivity contribution in [2.75, 3.05) is 7.11 Å². The maximum atomic E-state index is 13.9. The average Bonchev–Trinajstić information content (AvgIpc) is 2.41. The Kier molecular flexibility index (Phi) is 4.28. The molecule has 0 bridgehead atoms. The van der Waals surface area contributed by atoms with E-state index in [1.807, 2.05) is 19.1 Å². The molecule has 0 saturated heterocycles. The third-order valence-corrected chi connectivity index (χ3v) is 3.50. The summed E-state index contributed by atoms with van der Waals surface area (Å²) in [7, 11) is 1.53. The number of methoxy groups -OCH3 is 1. The first-order valence-electron chi connectivity index (χ1n) is 6.65. The van der Waals surface area contributed by atoms with Crippen LogP contribution in [0.1, 0.15) is 23.6 Å². The van der Waals surface area contributed by atoms with Crippen LogP contribution in [0, 0.1) is 18.6 Å². The van der Waals surface area contributed by atoms with Gasteiger partial charge in [0.05, 0.1) is 12.7 Å². The largest absolute Gasteiger partial charge is 0.496 e. The second kappa shape index (κ2) is 5.82. The van der Waals surface area contributed by atoms with E-state index in [4.69, 9.17) is 4.74 Å². The van der Waals surface area contributed by atoms with Gasteiger partial charge in [-0.1, -0.05) is 29.8 Å². The van der Waals surface area contributed by atoms with E-state index in [0.29, 0.717) is 5.75 Å². The normalized spacial score (nSPS) is 13.8. The Hall–Kier alpha value is -1.94. The third kappa shape index (κ3) is 3.22. The van der Waals surface area contributed by atoms with Gasteiger partial charge in [0.2, 0.25) is 0 Å². The molecule has 2 aromatic rings. The van der Waals surface area contributed by atoms with E-state index >= 15 is 0 Å². The minimum Gasteiger partial charge on any atom is -0.496 e. The van der Waals surface area contributed by atoms with E-state index in [-0.39, 0.29) is 12.0 Å². The molecule has 112 valence electrons. The fraction of sp³-hybridized carbons (Fsp3) is 0.294. The first-order valence-corrected chi connectivity index (χ1v) is 6.65. The van der Waals surface area contributed by atoms with E-state index in [1.54, 1.807) is 6.07 Å². The highest BCUT2D eigenvalue weighted by Crippen LogP contribution is 2.32. The Labute approximate surface area is 123 Å². The highest BCUT2D eigenvalue weighted by Gasteiger charge is 2.29. The smallest absolute Gasteiger partial charge is 0.164 e. The van der Waals surface area contributed by atoms with Gasteiger partial charge in [0.15, 0.2) is 11.6 Å². The Morgan fingerprint density at radius 1 is 1.19 bits per heavy atom. The summed E-state index contributed by atoms with van der Waals surface area (Å²) < 4.78 is 32.5. The van der Waals surface area contributed by atoms with Gasteiger partial charge in [-0.05, 0) is 31.5 Å². The van der Waals surface area contributed by atoms with E-state index in [9.17, 15) is 13.9 Å². The summed E-state index contributed by atoms with van der Waals surface area (Å²) in [6.45, 7) is 3.38. The molecule has 0 amide bonds. The van der Waals surface area contributed by atoms with Crippen LogP contribution in [0.5, 0.6) is 5.75 Å². The number of aliphatic hydroxyl groups is 1. The van der Waals surface area contributed by atoms with Gasteiger partial charge in [-0.15, -0.1) is 0 Å². The lowest BCUT2D eigenvalue weighted by Crippen LogP contribution is -2.26. The molecule has 0 aliphatic rings. The van der Waals surface area contributed by atoms with Gasteiger partial charge in [0.25, 0.3) is 0 Å². The SMILES string of the molecule is COc1ccc(C)cc1CC(C)(O)c1cccc(F)c1F. The van der Waals surface area contributed by atoms with Crippen LogP contribution in [0.4, 0.5) is 8.78 Å². The van der Waals surface area contributed by atoms with E-state index in [1.165, 1.54) is 26.2 Å². The molecule has 0 radical (unpaired) electrons.